The minimum Gasteiger partial charge on any atom is -0.356 e. The highest BCUT2D eigenvalue weighted by molar-refractivity contribution is 5.92. The van der Waals surface area contributed by atoms with Crippen molar-refractivity contribution in [1.29, 1.82) is 0 Å². The number of carbonyl (C=O) groups is 1. The van der Waals surface area contributed by atoms with Crippen LogP contribution in [0, 0.1) is 11.8 Å². The van der Waals surface area contributed by atoms with E-state index in [-0.39, 0.29) is 11.3 Å². The molecule has 1 aliphatic carbocycles. The third-order valence-corrected chi connectivity index (χ3v) is 6.35. The number of aromatic nitrogens is 4. The summed E-state index contributed by atoms with van der Waals surface area (Å²) in [5.41, 5.74) is 2.77. The van der Waals surface area contributed by atoms with Gasteiger partial charge in [-0.25, -0.2) is 9.97 Å². The van der Waals surface area contributed by atoms with Gasteiger partial charge in [0.25, 0.3) is 5.91 Å². The van der Waals surface area contributed by atoms with Crippen molar-refractivity contribution in [2.75, 3.05) is 31.1 Å². The van der Waals surface area contributed by atoms with Crippen molar-refractivity contribution in [2.45, 2.75) is 44.9 Å². The molecule has 0 radical (unpaired) electrons. The van der Waals surface area contributed by atoms with E-state index in [9.17, 15) is 4.79 Å². The fourth-order valence-electron chi connectivity index (χ4n) is 4.49. The predicted octanol–water partition coefficient (Wildman–Crippen LogP) is 2.58. The van der Waals surface area contributed by atoms with E-state index < -0.39 is 0 Å². The van der Waals surface area contributed by atoms with Gasteiger partial charge in [0.15, 0.2) is 0 Å². The maximum absolute atomic E-state index is 12.9. The summed E-state index contributed by atoms with van der Waals surface area (Å²) in [6.07, 6.45) is 4.09. The van der Waals surface area contributed by atoms with Crippen LogP contribution in [0.15, 0.2) is 18.5 Å². The molecule has 2 atom stereocenters. The Bertz CT molecular complexity index is 882. The van der Waals surface area contributed by atoms with Gasteiger partial charge in [-0.1, -0.05) is 20.8 Å². The van der Waals surface area contributed by atoms with Gasteiger partial charge in [0, 0.05) is 61.1 Å². The molecule has 3 fully saturated rings. The summed E-state index contributed by atoms with van der Waals surface area (Å²) in [5.74, 6) is 2.67. The topological polar surface area (TPSA) is 78.0 Å². The van der Waals surface area contributed by atoms with Crippen LogP contribution in [0.1, 0.15) is 61.4 Å². The normalized spacial score (nSPS) is 24.7. The number of aromatic amines is 1. The maximum atomic E-state index is 12.9. The zero-order chi connectivity index (χ0) is 19.5. The van der Waals surface area contributed by atoms with E-state index in [1.807, 2.05) is 11.0 Å². The molecule has 1 saturated carbocycles. The van der Waals surface area contributed by atoms with Crippen molar-refractivity contribution in [1.82, 2.24) is 25.1 Å². The summed E-state index contributed by atoms with van der Waals surface area (Å²) >= 11 is 0. The second kappa shape index (κ2) is 6.29. The molecule has 3 aliphatic rings. The molecule has 1 amide bonds. The molecule has 28 heavy (non-hydrogen) atoms. The Labute approximate surface area is 165 Å². The summed E-state index contributed by atoms with van der Waals surface area (Å²) in [6, 6.07) is 4.07. The Kier molecular flexibility index (Phi) is 3.96. The first-order chi connectivity index (χ1) is 13.4. The predicted molar refractivity (Wildman–Crippen MR) is 106 cm³/mol. The Balaban J connectivity index is 1.24. The van der Waals surface area contributed by atoms with Gasteiger partial charge in [-0.3, -0.25) is 9.89 Å². The Morgan fingerprint density at radius 1 is 1.07 bits per heavy atom. The first-order valence-electron chi connectivity index (χ1n) is 10.3. The summed E-state index contributed by atoms with van der Waals surface area (Å²) in [4.78, 5) is 26.1. The summed E-state index contributed by atoms with van der Waals surface area (Å²) in [5, 5.41) is 7.32. The number of carbonyl (C=O) groups excluding carboxylic acids is 1. The monoisotopic (exact) mass is 380 g/mol. The molecule has 4 heterocycles. The second-order valence-corrected chi connectivity index (χ2v) is 9.63. The van der Waals surface area contributed by atoms with Crippen molar-refractivity contribution < 1.29 is 4.79 Å². The number of hydrogen-bond acceptors (Lipinski definition) is 5. The molecule has 7 nitrogen and oxygen atoms in total. The molecule has 5 rings (SSSR count). The van der Waals surface area contributed by atoms with Gasteiger partial charge in [0.2, 0.25) is 0 Å². The largest absolute Gasteiger partial charge is 0.356 e. The molecular formula is C21H28N6O. The van der Waals surface area contributed by atoms with Crippen LogP contribution in [-0.2, 0) is 5.41 Å². The van der Waals surface area contributed by atoms with Gasteiger partial charge < -0.3 is 9.80 Å². The summed E-state index contributed by atoms with van der Waals surface area (Å²) < 4.78 is 0. The lowest BCUT2D eigenvalue weighted by Crippen LogP contribution is -2.33. The van der Waals surface area contributed by atoms with E-state index in [1.54, 1.807) is 6.33 Å². The Morgan fingerprint density at radius 2 is 1.79 bits per heavy atom. The SMILES string of the molecule is CC(C)(C)c1cc(N2CC3CN(C(=O)c4cc(C5CC5)[nH]n4)CC3C2)ncn1. The lowest BCUT2D eigenvalue weighted by atomic mass is 9.92. The third kappa shape index (κ3) is 3.16. The minimum atomic E-state index is 0.0133. The molecule has 2 aromatic rings. The molecular weight excluding hydrogens is 352 g/mol. The quantitative estimate of drug-likeness (QED) is 0.885. The number of amides is 1. The highest BCUT2D eigenvalue weighted by atomic mass is 16.2. The number of likely N-dealkylation sites (tertiary alicyclic amines) is 1. The van der Waals surface area contributed by atoms with Gasteiger partial charge in [0.05, 0.1) is 5.69 Å². The van der Waals surface area contributed by atoms with Crippen LogP contribution in [0.2, 0.25) is 0 Å². The van der Waals surface area contributed by atoms with Gasteiger partial charge in [0.1, 0.15) is 17.8 Å². The van der Waals surface area contributed by atoms with Crippen LogP contribution >= 0.6 is 0 Å². The van der Waals surface area contributed by atoms with E-state index in [2.05, 4.69) is 51.9 Å². The number of hydrogen-bond donors (Lipinski definition) is 1. The number of H-pyrrole nitrogens is 1. The molecule has 2 aliphatic heterocycles. The zero-order valence-corrected chi connectivity index (χ0v) is 16.9. The molecule has 148 valence electrons. The molecule has 0 spiro atoms. The van der Waals surface area contributed by atoms with Crippen LogP contribution in [0.4, 0.5) is 5.82 Å². The summed E-state index contributed by atoms with van der Waals surface area (Å²) in [6.45, 7) is 10.0. The van der Waals surface area contributed by atoms with Crippen LogP contribution in [-0.4, -0.2) is 57.2 Å². The molecule has 2 unspecified atom stereocenters. The van der Waals surface area contributed by atoms with Crippen molar-refractivity contribution in [2.24, 2.45) is 11.8 Å². The van der Waals surface area contributed by atoms with Gasteiger partial charge in [-0.05, 0) is 18.9 Å². The number of anilines is 1. The van der Waals surface area contributed by atoms with Crippen molar-refractivity contribution in [3.05, 3.63) is 35.5 Å². The number of nitrogens with zero attached hydrogens (tertiary/aromatic N) is 5. The van der Waals surface area contributed by atoms with E-state index in [0.717, 1.165) is 43.4 Å². The lowest BCUT2D eigenvalue weighted by molar-refractivity contribution is 0.0776. The van der Waals surface area contributed by atoms with Gasteiger partial charge in [-0.15, -0.1) is 0 Å². The van der Waals surface area contributed by atoms with Crippen molar-refractivity contribution in [3.8, 4) is 0 Å². The molecule has 7 heteroatoms. The fourth-order valence-corrected chi connectivity index (χ4v) is 4.49. The second-order valence-electron chi connectivity index (χ2n) is 9.63. The molecule has 0 bridgehead atoms. The van der Waals surface area contributed by atoms with Crippen molar-refractivity contribution >= 4 is 11.7 Å². The number of rotatable bonds is 3. The number of nitrogens with one attached hydrogen (secondary N) is 1. The average Bonchev–Trinajstić information content (AvgIpc) is 3.09. The first-order valence-corrected chi connectivity index (χ1v) is 10.3. The van der Waals surface area contributed by atoms with Gasteiger partial charge >= 0.3 is 0 Å². The average molecular weight is 380 g/mol. The van der Waals surface area contributed by atoms with Gasteiger partial charge in [-0.2, -0.15) is 5.10 Å². The van der Waals surface area contributed by atoms with Crippen LogP contribution in [0.3, 0.4) is 0 Å². The molecule has 1 N–H and O–H groups in total. The molecule has 0 aromatic carbocycles. The number of fused-ring (bicyclic) bond motifs is 1. The van der Waals surface area contributed by atoms with Crippen LogP contribution < -0.4 is 4.90 Å². The third-order valence-electron chi connectivity index (χ3n) is 6.35. The van der Waals surface area contributed by atoms with E-state index in [4.69, 9.17) is 0 Å². The minimum absolute atomic E-state index is 0.0133. The highest BCUT2D eigenvalue weighted by Crippen LogP contribution is 2.39. The van der Waals surface area contributed by atoms with Crippen molar-refractivity contribution in [3.63, 3.8) is 0 Å². The zero-order valence-electron chi connectivity index (χ0n) is 16.9. The summed E-state index contributed by atoms with van der Waals surface area (Å²) in [7, 11) is 0. The smallest absolute Gasteiger partial charge is 0.274 e. The van der Waals surface area contributed by atoms with Crippen LogP contribution in [0.5, 0.6) is 0 Å². The van der Waals surface area contributed by atoms with Crippen LogP contribution in [0.25, 0.3) is 0 Å². The maximum Gasteiger partial charge on any atom is 0.274 e. The lowest BCUT2D eigenvalue weighted by Gasteiger charge is -2.24. The molecule has 2 saturated heterocycles. The fraction of sp³-hybridized carbons (Fsp3) is 0.619. The van der Waals surface area contributed by atoms with E-state index in [1.165, 1.54) is 12.8 Å². The first kappa shape index (κ1) is 17.6. The highest BCUT2D eigenvalue weighted by Gasteiger charge is 2.42. The standard InChI is InChI=1S/C21H28N6O/c1-21(2,3)18-7-19(23-12-22-18)26-8-14-10-27(11-15(14)9-26)20(28)17-6-16(24-25-17)13-4-5-13/h6-7,12-15H,4-5,8-11H2,1-3H3,(H,24,25). The molecule has 2 aromatic heterocycles. The Hall–Kier alpha value is -2.44. The van der Waals surface area contributed by atoms with E-state index in [0.29, 0.717) is 23.4 Å². The Morgan fingerprint density at radius 3 is 2.43 bits per heavy atom. The van der Waals surface area contributed by atoms with E-state index >= 15 is 0 Å².